The van der Waals surface area contributed by atoms with Gasteiger partial charge in [0.05, 0.1) is 0 Å². The normalized spacial score (nSPS) is 30.6. The van der Waals surface area contributed by atoms with E-state index in [4.69, 9.17) is 5.11 Å². The molecule has 2 N–H and O–H groups in total. The van der Waals surface area contributed by atoms with Gasteiger partial charge >= 0.3 is 5.97 Å². The van der Waals surface area contributed by atoms with Gasteiger partial charge in [-0.3, -0.25) is 4.79 Å². The SMILES string of the molecule is CC1(C(=O)O)CCCCC(=O)N1. The molecule has 1 aliphatic heterocycles. The Labute approximate surface area is 71.0 Å². The molecule has 0 saturated carbocycles. The van der Waals surface area contributed by atoms with Crippen molar-refractivity contribution in [2.24, 2.45) is 0 Å². The maximum absolute atomic E-state index is 11.0. The minimum Gasteiger partial charge on any atom is -0.480 e. The Morgan fingerprint density at radius 3 is 2.83 bits per heavy atom. The van der Waals surface area contributed by atoms with Gasteiger partial charge in [0.25, 0.3) is 0 Å². The number of rotatable bonds is 1. The minimum atomic E-state index is -1.05. The van der Waals surface area contributed by atoms with Gasteiger partial charge < -0.3 is 10.4 Å². The van der Waals surface area contributed by atoms with Crippen molar-refractivity contribution in [3.05, 3.63) is 0 Å². The molecule has 1 fully saturated rings. The van der Waals surface area contributed by atoms with E-state index >= 15 is 0 Å². The molecule has 0 aromatic rings. The second-order valence-corrected chi connectivity index (χ2v) is 3.39. The van der Waals surface area contributed by atoms with E-state index in [0.29, 0.717) is 12.8 Å². The number of hydrogen-bond acceptors (Lipinski definition) is 2. The molecule has 0 aromatic heterocycles. The maximum atomic E-state index is 11.0. The summed E-state index contributed by atoms with van der Waals surface area (Å²) in [5.41, 5.74) is -1.05. The highest BCUT2D eigenvalue weighted by Crippen LogP contribution is 2.18. The Balaban J connectivity index is 2.74. The molecule has 12 heavy (non-hydrogen) atoms. The van der Waals surface area contributed by atoms with E-state index in [1.165, 1.54) is 0 Å². The topological polar surface area (TPSA) is 66.4 Å². The van der Waals surface area contributed by atoms with Crippen LogP contribution in [0.25, 0.3) is 0 Å². The van der Waals surface area contributed by atoms with Crippen LogP contribution in [0.3, 0.4) is 0 Å². The summed E-state index contributed by atoms with van der Waals surface area (Å²) in [6, 6.07) is 0. The highest BCUT2D eigenvalue weighted by atomic mass is 16.4. The number of amides is 1. The second kappa shape index (κ2) is 3.13. The monoisotopic (exact) mass is 171 g/mol. The summed E-state index contributed by atoms with van der Waals surface area (Å²) in [5.74, 6) is -1.10. The van der Waals surface area contributed by atoms with E-state index in [0.717, 1.165) is 12.8 Å². The molecule has 68 valence electrons. The van der Waals surface area contributed by atoms with Crippen molar-refractivity contribution in [2.75, 3.05) is 0 Å². The van der Waals surface area contributed by atoms with E-state index in [9.17, 15) is 9.59 Å². The molecule has 0 radical (unpaired) electrons. The van der Waals surface area contributed by atoms with Gasteiger partial charge in [-0.15, -0.1) is 0 Å². The van der Waals surface area contributed by atoms with Crippen LogP contribution in [0.15, 0.2) is 0 Å². The van der Waals surface area contributed by atoms with Crippen molar-refractivity contribution in [1.82, 2.24) is 5.32 Å². The van der Waals surface area contributed by atoms with E-state index in [-0.39, 0.29) is 5.91 Å². The molecular weight excluding hydrogens is 158 g/mol. The first-order valence-corrected chi connectivity index (χ1v) is 4.09. The van der Waals surface area contributed by atoms with Gasteiger partial charge in [-0.25, -0.2) is 4.79 Å². The number of aliphatic carboxylic acids is 1. The lowest BCUT2D eigenvalue weighted by atomic mass is 9.97. The fraction of sp³-hybridized carbons (Fsp3) is 0.750. The first kappa shape index (κ1) is 9.03. The first-order chi connectivity index (χ1) is 5.54. The average Bonchev–Trinajstić information content (AvgIpc) is 2.12. The zero-order valence-electron chi connectivity index (χ0n) is 7.09. The molecule has 1 rings (SSSR count). The molecule has 0 aliphatic carbocycles. The van der Waals surface area contributed by atoms with Gasteiger partial charge in [0.15, 0.2) is 0 Å². The highest BCUT2D eigenvalue weighted by Gasteiger charge is 2.35. The predicted molar refractivity (Wildman–Crippen MR) is 42.7 cm³/mol. The molecule has 1 heterocycles. The van der Waals surface area contributed by atoms with Crippen LogP contribution in [0.4, 0.5) is 0 Å². The van der Waals surface area contributed by atoms with Crippen LogP contribution in [0.5, 0.6) is 0 Å². The van der Waals surface area contributed by atoms with E-state index in [1.54, 1.807) is 6.92 Å². The quantitative estimate of drug-likeness (QED) is 0.604. The molecule has 1 unspecified atom stereocenters. The molecular formula is C8H13NO3. The van der Waals surface area contributed by atoms with Crippen LogP contribution in [-0.4, -0.2) is 22.5 Å². The molecule has 1 aliphatic rings. The summed E-state index contributed by atoms with van der Waals surface area (Å²) in [6.45, 7) is 1.55. The third-order valence-electron chi connectivity index (χ3n) is 2.22. The summed E-state index contributed by atoms with van der Waals surface area (Å²) in [6.07, 6.45) is 2.55. The smallest absolute Gasteiger partial charge is 0.329 e. The standard InChI is InChI=1S/C8H13NO3/c1-8(7(11)12)5-3-2-4-6(10)9-8/h2-5H2,1H3,(H,9,10)(H,11,12). The van der Waals surface area contributed by atoms with E-state index in [2.05, 4.69) is 5.32 Å². The lowest BCUT2D eigenvalue weighted by Gasteiger charge is -2.23. The lowest BCUT2D eigenvalue weighted by Crippen LogP contribution is -2.50. The van der Waals surface area contributed by atoms with E-state index in [1.807, 2.05) is 0 Å². The molecule has 4 nitrogen and oxygen atoms in total. The maximum Gasteiger partial charge on any atom is 0.329 e. The van der Waals surface area contributed by atoms with Gasteiger partial charge in [-0.2, -0.15) is 0 Å². The van der Waals surface area contributed by atoms with Crippen molar-refractivity contribution in [3.8, 4) is 0 Å². The number of nitrogens with one attached hydrogen (secondary N) is 1. The molecule has 0 bridgehead atoms. The van der Waals surface area contributed by atoms with Crippen LogP contribution in [-0.2, 0) is 9.59 Å². The zero-order chi connectivity index (χ0) is 9.19. The molecule has 4 heteroatoms. The van der Waals surface area contributed by atoms with Crippen LogP contribution in [0.2, 0.25) is 0 Å². The van der Waals surface area contributed by atoms with Gasteiger partial charge in [-0.1, -0.05) is 6.42 Å². The van der Waals surface area contributed by atoms with Crippen LogP contribution >= 0.6 is 0 Å². The van der Waals surface area contributed by atoms with Gasteiger partial charge in [0, 0.05) is 6.42 Å². The number of carboxylic acid groups (broad SMARTS) is 1. The average molecular weight is 171 g/mol. The number of carboxylic acids is 1. The summed E-state index contributed by atoms with van der Waals surface area (Å²) >= 11 is 0. The Morgan fingerprint density at radius 1 is 1.58 bits per heavy atom. The third kappa shape index (κ3) is 1.75. The van der Waals surface area contributed by atoms with Crippen molar-refractivity contribution in [1.29, 1.82) is 0 Å². The Bertz CT molecular complexity index is 214. The summed E-state index contributed by atoms with van der Waals surface area (Å²) in [4.78, 5) is 21.8. The van der Waals surface area contributed by atoms with E-state index < -0.39 is 11.5 Å². The van der Waals surface area contributed by atoms with Crippen LogP contribution in [0.1, 0.15) is 32.6 Å². The van der Waals surface area contributed by atoms with Crippen molar-refractivity contribution < 1.29 is 14.7 Å². The molecule has 1 atom stereocenters. The zero-order valence-corrected chi connectivity index (χ0v) is 7.09. The van der Waals surface area contributed by atoms with Gasteiger partial charge in [0.1, 0.15) is 5.54 Å². The fourth-order valence-electron chi connectivity index (χ4n) is 1.36. The number of carbonyl (C=O) groups excluding carboxylic acids is 1. The Morgan fingerprint density at radius 2 is 2.25 bits per heavy atom. The largest absolute Gasteiger partial charge is 0.480 e. The molecule has 0 aromatic carbocycles. The van der Waals surface area contributed by atoms with Crippen molar-refractivity contribution in [3.63, 3.8) is 0 Å². The summed E-state index contributed by atoms with van der Waals surface area (Å²) in [5, 5.41) is 11.3. The van der Waals surface area contributed by atoms with Gasteiger partial charge in [-0.05, 0) is 19.8 Å². The Hall–Kier alpha value is -1.06. The van der Waals surface area contributed by atoms with Gasteiger partial charge in [0.2, 0.25) is 5.91 Å². The predicted octanol–water partition coefficient (Wildman–Crippen LogP) is 0.520. The third-order valence-corrected chi connectivity index (χ3v) is 2.22. The van der Waals surface area contributed by atoms with Crippen molar-refractivity contribution in [2.45, 2.75) is 38.1 Å². The number of carbonyl (C=O) groups is 2. The highest BCUT2D eigenvalue weighted by molar-refractivity contribution is 5.86. The summed E-state index contributed by atoms with van der Waals surface area (Å²) in [7, 11) is 0. The van der Waals surface area contributed by atoms with Crippen LogP contribution in [0, 0.1) is 0 Å². The fourth-order valence-corrected chi connectivity index (χ4v) is 1.36. The minimum absolute atomic E-state index is 0.155. The lowest BCUT2D eigenvalue weighted by molar-refractivity contribution is -0.146. The molecule has 0 spiro atoms. The van der Waals surface area contributed by atoms with Crippen molar-refractivity contribution >= 4 is 11.9 Å². The number of hydrogen-bond donors (Lipinski definition) is 2. The first-order valence-electron chi connectivity index (χ1n) is 4.09. The van der Waals surface area contributed by atoms with Crippen LogP contribution < -0.4 is 5.32 Å². The summed E-state index contributed by atoms with van der Waals surface area (Å²) < 4.78 is 0. The molecule has 1 amide bonds. The Kier molecular flexibility index (Phi) is 2.35. The second-order valence-electron chi connectivity index (χ2n) is 3.39. The molecule has 1 saturated heterocycles.